The lowest BCUT2D eigenvalue weighted by Crippen LogP contribution is -2.06. The molecule has 2 N–H and O–H groups in total. The summed E-state index contributed by atoms with van der Waals surface area (Å²) in [6.07, 6.45) is 2.24. The summed E-state index contributed by atoms with van der Waals surface area (Å²) in [6.45, 7) is 3.60. The van der Waals surface area contributed by atoms with Crippen LogP contribution in [0.15, 0.2) is 18.2 Å². The van der Waals surface area contributed by atoms with Crippen LogP contribution in [0.4, 0.5) is 0 Å². The minimum absolute atomic E-state index is 0.487. The molecule has 0 aliphatic carbocycles. The Hall–Kier alpha value is -1.81. The number of imidazole rings is 1. The molecule has 2 aromatic rings. The van der Waals surface area contributed by atoms with E-state index in [-0.39, 0.29) is 0 Å². The first kappa shape index (κ1) is 12.2. The molecule has 0 saturated heterocycles. The number of hydrogen-bond donors (Lipinski definition) is 1. The lowest BCUT2D eigenvalue weighted by atomic mass is 10.0. The molecule has 19 heavy (non-hydrogen) atoms. The number of nitrogens with zero attached hydrogens (tertiary/aromatic N) is 2. The molecule has 0 atom stereocenters. The lowest BCUT2D eigenvalue weighted by molar-refractivity contribution is 0.416. The van der Waals surface area contributed by atoms with Crippen molar-refractivity contribution in [1.82, 2.24) is 9.55 Å². The molecule has 0 saturated carbocycles. The molecule has 4 nitrogen and oxygen atoms in total. The molecule has 100 valence electrons. The summed E-state index contributed by atoms with van der Waals surface area (Å²) in [5.74, 6) is 1.85. The topological polar surface area (TPSA) is 53.1 Å². The van der Waals surface area contributed by atoms with Crippen LogP contribution in [-0.2, 0) is 19.5 Å². The highest BCUT2D eigenvalue weighted by Crippen LogP contribution is 2.35. The van der Waals surface area contributed by atoms with E-state index in [1.165, 1.54) is 17.7 Å². The first-order valence-corrected chi connectivity index (χ1v) is 6.68. The van der Waals surface area contributed by atoms with Crippen LogP contribution < -0.4 is 10.5 Å². The van der Waals surface area contributed by atoms with Gasteiger partial charge in [-0.15, -0.1) is 0 Å². The van der Waals surface area contributed by atoms with Gasteiger partial charge in [0.2, 0.25) is 0 Å². The summed E-state index contributed by atoms with van der Waals surface area (Å²) in [6, 6.07) is 6.20. The minimum atomic E-state index is 0.487. The maximum atomic E-state index is 5.80. The van der Waals surface area contributed by atoms with Gasteiger partial charge >= 0.3 is 0 Å². The van der Waals surface area contributed by atoms with Crippen molar-refractivity contribution in [2.24, 2.45) is 5.73 Å². The van der Waals surface area contributed by atoms with Crippen molar-refractivity contribution >= 4 is 0 Å². The Labute approximate surface area is 113 Å². The maximum Gasteiger partial charge on any atom is 0.128 e. The Balaban J connectivity index is 2.20. The molecule has 2 heterocycles. The van der Waals surface area contributed by atoms with Crippen molar-refractivity contribution in [1.29, 1.82) is 0 Å². The van der Waals surface area contributed by atoms with Gasteiger partial charge in [0.05, 0.1) is 19.3 Å². The second-order valence-electron chi connectivity index (χ2n) is 4.99. The van der Waals surface area contributed by atoms with Crippen LogP contribution in [0.3, 0.4) is 0 Å². The smallest absolute Gasteiger partial charge is 0.128 e. The number of rotatable bonds is 3. The van der Waals surface area contributed by atoms with Gasteiger partial charge in [0, 0.05) is 17.8 Å². The van der Waals surface area contributed by atoms with Gasteiger partial charge in [0.25, 0.3) is 0 Å². The van der Waals surface area contributed by atoms with E-state index in [1.54, 1.807) is 7.11 Å². The number of fused-ring (bicyclic) bond motifs is 1. The lowest BCUT2D eigenvalue weighted by Gasteiger charge is -2.08. The molecule has 3 rings (SSSR count). The average Bonchev–Trinajstić information content (AvgIpc) is 3.00. The van der Waals surface area contributed by atoms with Crippen molar-refractivity contribution in [2.75, 3.05) is 7.11 Å². The molecular formula is C15H19N3O. The summed E-state index contributed by atoms with van der Waals surface area (Å²) in [7, 11) is 1.70. The van der Waals surface area contributed by atoms with Crippen molar-refractivity contribution < 1.29 is 4.74 Å². The van der Waals surface area contributed by atoms with E-state index in [0.29, 0.717) is 6.54 Å². The fraction of sp³-hybridized carbons (Fsp3) is 0.400. The molecule has 1 aliphatic heterocycles. The third-order valence-corrected chi connectivity index (χ3v) is 3.74. The number of ether oxygens (including phenoxy) is 1. The second kappa shape index (κ2) is 4.70. The van der Waals surface area contributed by atoms with Crippen LogP contribution in [0.5, 0.6) is 5.75 Å². The van der Waals surface area contributed by atoms with Crippen LogP contribution >= 0.6 is 0 Å². The molecule has 0 fully saturated rings. The van der Waals surface area contributed by atoms with E-state index in [0.717, 1.165) is 35.8 Å². The molecule has 0 bridgehead atoms. The maximum absolute atomic E-state index is 5.80. The summed E-state index contributed by atoms with van der Waals surface area (Å²) < 4.78 is 7.74. The molecule has 0 spiro atoms. The van der Waals surface area contributed by atoms with E-state index in [9.17, 15) is 0 Å². The van der Waals surface area contributed by atoms with Crippen molar-refractivity contribution in [3.63, 3.8) is 0 Å². The molecule has 0 radical (unpaired) electrons. The van der Waals surface area contributed by atoms with Gasteiger partial charge in [-0.1, -0.05) is 11.6 Å². The fourth-order valence-corrected chi connectivity index (χ4v) is 2.84. The highest BCUT2D eigenvalue weighted by Gasteiger charge is 2.23. The predicted octanol–water partition coefficient (Wildman–Crippen LogP) is 2.27. The van der Waals surface area contributed by atoms with E-state index >= 15 is 0 Å². The van der Waals surface area contributed by atoms with Gasteiger partial charge < -0.3 is 15.0 Å². The van der Waals surface area contributed by atoms with E-state index < -0.39 is 0 Å². The van der Waals surface area contributed by atoms with Crippen LogP contribution in [0.1, 0.15) is 23.5 Å². The summed E-state index contributed by atoms with van der Waals surface area (Å²) >= 11 is 0. The number of aryl methyl sites for hydroxylation is 1. The molecule has 1 aromatic heterocycles. The largest absolute Gasteiger partial charge is 0.496 e. The zero-order valence-electron chi connectivity index (χ0n) is 11.4. The van der Waals surface area contributed by atoms with Crippen LogP contribution in [0, 0.1) is 6.92 Å². The normalized spacial score (nSPS) is 13.6. The van der Waals surface area contributed by atoms with Crippen molar-refractivity contribution in [3.05, 3.63) is 35.3 Å². The number of methoxy groups -OCH3 is 1. The highest BCUT2D eigenvalue weighted by molar-refractivity contribution is 5.70. The summed E-state index contributed by atoms with van der Waals surface area (Å²) in [5.41, 5.74) is 10.4. The Morgan fingerprint density at radius 2 is 2.26 bits per heavy atom. The first-order chi connectivity index (χ1) is 9.24. The number of aromatic nitrogens is 2. The van der Waals surface area contributed by atoms with Gasteiger partial charge in [-0.3, -0.25) is 0 Å². The van der Waals surface area contributed by atoms with Gasteiger partial charge in [0.1, 0.15) is 11.6 Å². The standard InChI is InChI=1S/C15H19N3O/c1-10-5-6-13(19-2)11(8-10)15-12-4-3-7-18(12)14(9-16)17-15/h5-6,8H,3-4,7,9,16H2,1-2H3. The second-order valence-corrected chi connectivity index (χ2v) is 4.99. The Morgan fingerprint density at radius 3 is 3.00 bits per heavy atom. The van der Waals surface area contributed by atoms with E-state index in [4.69, 9.17) is 15.5 Å². The molecule has 4 heteroatoms. The molecular weight excluding hydrogens is 238 g/mol. The van der Waals surface area contributed by atoms with E-state index in [2.05, 4.69) is 23.6 Å². The highest BCUT2D eigenvalue weighted by atomic mass is 16.5. The molecule has 0 amide bonds. The van der Waals surface area contributed by atoms with Gasteiger partial charge in [-0.25, -0.2) is 4.98 Å². The van der Waals surface area contributed by atoms with Gasteiger partial charge in [-0.2, -0.15) is 0 Å². The SMILES string of the molecule is COc1ccc(C)cc1-c1nc(CN)n2c1CCC2. The molecule has 1 aliphatic rings. The molecule has 0 unspecified atom stereocenters. The average molecular weight is 257 g/mol. The minimum Gasteiger partial charge on any atom is -0.496 e. The first-order valence-electron chi connectivity index (χ1n) is 6.68. The van der Waals surface area contributed by atoms with Gasteiger partial charge in [-0.05, 0) is 31.9 Å². The van der Waals surface area contributed by atoms with Crippen LogP contribution in [0.25, 0.3) is 11.3 Å². The zero-order valence-corrected chi connectivity index (χ0v) is 11.4. The van der Waals surface area contributed by atoms with Crippen molar-refractivity contribution in [3.8, 4) is 17.0 Å². The Kier molecular flexibility index (Phi) is 3.03. The Bertz CT molecular complexity index is 616. The van der Waals surface area contributed by atoms with E-state index in [1.807, 2.05) is 6.07 Å². The van der Waals surface area contributed by atoms with Crippen LogP contribution in [-0.4, -0.2) is 16.7 Å². The number of benzene rings is 1. The third-order valence-electron chi connectivity index (χ3n) is 3.74. The summed E-state index contributed by atoms with van der Waals surface area (Å²) in [4.78, 5) is 4.73. The summed E-state index contributed by atoms with van der Waals surface area (Å²) in [5, 5.41) is 0. The number of hydrogen-bond acceptors (Lipinski definition) is 3. The van der Waals surface area contributed by atoms with Crippen LogP contribution in [0.2, 0.25) is 0 Å². The quantitative estimate of drug-likeness (QED) is 0.917. The van der Waals surface area contributed by atoms with Gasteiger partial charge in [0.15, 0.2) is 0 Å². The molecule has 1 aromatic carbocycles. The predicted molar refractivity (Wildman–Crippen MR) is 75.2 cm³/mol. The number of nitrogens with two attached hydrogens (primary N) is 1. The zero-order chi connectivity index (χ0) is 13.4. The Morgan fingerprint density at radius 1 is 1.42 bits per heavy atom. The fourth-order valence-electron chi connectivity index (χ4n) is 2.84. The monoisotopic (exact) mass is 257 g/mol. The van der Waals surface area contributed by atoms with Crippen molar-refractivity contribution in [2.45, 2.75) is 32.9 Å². The third kappa shape index (κ3) is 1.92.